The number of carbonyl (C=O) groups excluding carboxylic acids is 1. The van der Waals surface area contributed by atoms with Gasteiger partial charge >= 0.3 is 12.0 Å². The molecule has 2 amide bonds. The second kappa shape index (κ2) is 17.5. The largest absolute Gasteiger partial charge is 0.480 e. The zero-order chi connectivity index (χ0) is 18.8. The second-order valence-corrected chi connectivity index (χ2v) is 6.76. The van der Waals surface area contributed by atoms with E-state index in [1.807, 2.05) is 0 Å². The van der Waals surface area contributed by atoms with E-state index in [0.717, 1.165) is 19.3 Å². The van der Waals surface area contributed by atoms with Gasteiger partial charge in [0.2, 0.25) is 0 Å². The fourth-order valence-electron chi connectivity index (χ4n) is 2.77. The van der Waals surface area contributed by atoms with E-state index >= 15 is 0 Å². The Bertz CT molecular complexity index is 338. The third-order valence-corrected chi connectivity index (χ3v) is 4.37. The third-order valence-electron chi connectivity index (χ3n) is 4.37. The van der Waals surface area contributed by atoms with Crippen LogP contribution >= 0.6 is 0 Å². The number of carbonyl (C=O) groups is 2. The van der Waals surface area contributed by atoms with Crippen molar-refractivity contribution in [3.05, 3.63) is 0 Å². The topological polar surface area (TPSA) is 104 Å². The van der Waals surface area contributed by atoms with E-state index in [9.17, 15) is 9.59 Å². The average molecular weight is 358 g/mol. The molecule has 0 aliphatic carbocycles. The Balaban J connectivity index is 3.54. The molecule has 0 saturated heterocycles. The molecule has 0 aromatic carbocycles. The van der Waals surface area contributed by atoms with Crippen LogP contribution in [-0.2, 0) is 4.79 Å². The van der Waals surface area contributed by atoms with E-state index in [1.54, 1.807) is 0 Å². The van der Waals surface area contributed by atoms with Gasteiger partial charge in [-0.3, -0.25) is 0 Å². The van der Waals surface area contributed by atoms with E-state index in [1.165, 1.54) is 51.4 Å². The van der Waals surface area contributed by atoms with Gasteiger partial charge in [0.15, 0.2) is 0 Å². The van der Waals surface area contributed by atoms with Crippen LogP contribution in [0, 0.1) is 0 Å². The lowest BCUT2D eigenvalue weighted by Crippen LogP contribution is -2.46. The Morgan fingerprint density at radius 1 is 0.880 bits per heavy atom. The SMILES string of the molecule is CCCCCCCCCCCCNC(=O)NC(CCCCN)C(=O)O. The fraction of sp³-hybridized carbons (Fsp3) is 0.895. The predicted molar refractivity (Wildman–Crippen MR) is 103 cm³/mol. The summed E-state index contributed by atoms with van der Waals surface area (Å²) < 4.78 is 0. The Hall–Kier alpha value is -1.30. The standard InChI is InChI=1S/C19H39N3O3/c1-2-3-4-5-6-7-8-9-10-13-16-21-19(25)22-17(18(23)24)14-11-12-15-20/h17H,2-16,20H2,1H3,(H,23,24)(H2,21,22,25). The first-order valence-electron chi connectivity index (χ1n) is 10.1. The molecular formula is C19H39N3O3. The molecule has 5 N–H and O–H groups in total. The highest BCUT2D eigenvalue weighted by Gasteiger charge is 2.18. The molecule has 1 atom stereocenters. The number of amides is 2. The molecule has 0 heterocycles. The van der Waals surface area contributed by atoms with Crippen LogP contribution in [0.4, 0.5) is 4.79 Å². The van der Waals surface area contributed by atoms with E-state index < -0.39 is 18.0 Å². The van der Waals surface area contributed by atoms with Crippen LogP contribution in [0.3, 0.4) is 0 Å². The maximum atomic E-state index is 11.7. The van der Waals surface area contributed by atoms with Gasteiger partial charge in [-0.05, 0) is 32.2 Å². The minimum Gasteiger partial charge on any atom is -0.480 e. The highest BCUT2D eigenvalue weighted by molar-refractivity contribution is 5.82. The number of nitrogens with two attached hydrogens (primary N) is 1. The van der Waals surface area contributed by atoms with Crippen molar-refractivity contribution in [2.24, 2.45) is 5.73 Å². The van der Waals surface area contributed by atoms with E-state index in [0.29, 0.717) is 25.9 Å². The summed E-state index contributed by atoms with van der Waals surface area (Å²) in [6.07, 6.45) is 14.4. The molecule has 0 saturated carbocycles. The molecule has 0 aliphatic rings. The zero-order valence-electron chi connectivity index (χ0n) is 16.0. The molecule has 0 radical (unpaired) electrons. The van der Waals surface area contributed by atoms with Crippen LogP contribution in [0.5, 0.6) is 0 Å². The second-order valence-electron chi connectivity index (χ2n) is 6.76. The lowest BCUT2D eigenvalue weighted by atomic mass is 10.1. The molecule has 0 rings (SSSR count). The number of rotatable bonds is 17. The Morgan fingerprint density at radius 2 is 1.44 bits per heavy atom. The van der Waals surface area contributed by atoms with Crippen molar-refractivity contribution in [2.45, 2.75) is 96.4 Å². The van der Waals surface area contributed by atoms with E-state index in [2.05, 4.69) is 17.6 Å². The summed E-state index contributed by atoms with van der Waals surface area (Å²) in [6, 6.07) is -1.23. The fourth-order valence-corrected chi connectivity index (χ4v) is 2.77. The van der Waals surface area contributed by atoms with Crippen molar-refractivity contribution in [3.63, 3.8) is 0 Å². The van der Waals surface area contributed by atoms with Crippen molar-refractivity contribution in [1.29, 1.82) is 0 Å². The minimum absolute atomic E-state index is 0.393. The smallest absolute Gasteiger partial charge is 0.326 e. The molecule has 6 heteroatoms. The van der Waals surface area contributed by atoms with Gasteiger partial charge in [-0.2, -0.15) is 0 Å². The van der Waals surface area contributed by atoms with Crippen LogP contribution < -0.4 is 16.4 Å². The molecule has 0 aliphatic heterocycles. The maximum absolute atomic E-state index is 11.7. The van der Waals surface area contributed by atoms with Crippen molar-refractivity contribution >= 4 is 12.0 Å². The predicted octanol–water partition coefficient (Wildman–Crippen LogP) is 3.79. The number of hydrogen-bond acceptors (Lipinski definition) is 3. The molecule has 0 bridgehead atoms. The normalized spacial score (nSPS) is 11.9. The molecule has 25 heavy (non-hydrogen) atoms. The van der Waals surface area contributed by atoms with Crippen LogP contribution in [0.1, 0.15) is 90.4 Å². The lowest BCUT2D eigenvalue weighted by molar-refractivity contribution is -0.139. The summed E-state index contributed by atoms with van der Waals surface area (Å²) in [7, 11) is 0. The van der Waals surface area contributed by atoms with E-state index in [-0.39, 0.29) is 0 Å². The van der Waals surface area contributed by atoms with Gasteiger partial charge in [-0.1, -0.05) is 64.7 Å². The summed E-state index contributed by atoms with van der Waals surface area (Å²) in [5.74, 6) is -0.994. The summed E-state index contributed by atoms with van der Waals surface area (Å²) in [5.41, 5.74) is 5.40. The Kier molecular flexibility index (Phi) is 16.6. The first kappa shape index (κ1) is 23.7. The first-order chi connectivity index (χ1) is 12.1. The van der Waals surface area contributed by atoms with Crippen LogP contribution in [0.15, 0.2) is 0 Å². The first-order valence-corrected chi connectivity index (χ1v) is 10.1. The van der Waals surface area contributed by atoms with Crippen LogP contribution in [0.25, 0.3) is 0 Å². The summed E-state index contributed by atoms with van der Waals surface area (Å²) >= 11 is 0. The van der Waals surface area contributed by atoms with Crippen molar-refractivity contribution in [2.75, 3.05) is 13.1 Å². The number of nitrogens with one attached hydrogen (secondary N) is 2. The molecule has 148 valence electrons. The van der Waals surface area contributed by atoms with Gasteiger partial charge in [0.25, 0.3) is 0 Å². The molecule has 1 unspecified atom stereocenters. The number of hydrogen-bond donors (Lipinski definition) is 4. The summed E-state index contributed by atoms with van der Waals surface area (Å²) in [5, 5.41) is 14.4. The monoisotopic (exact) mass is 357 g/mol. The van der Waals surface area contributed by atoms with Gasteiger partial charge in [0, 0.05) is 6.54 Å². The lowest BCUT2D eigenvalue weighted by Gasteiger charge is -2.15. The summed E-state index contributed by atoms with van der Waals surface area (Å²) in [4.78, 5) is 22.9. The van der Waals surface area contributed by atoms with E-state index in [4.69, 9.17) is 10.8 Å². The minimum atomic E-state index is -0.994. The number of urea groups is 1. The average Bonchev–Trinajstić information content (AvgIpc) is 2.58. The number of aliphatic carboxylic acids is 1. The summed E-state index contributed by atoms with van der Waals surface area (Å²) in [6.45, 7) is 3.37. The molecule has 0 spiro atoms. The maximum Gasteiger partial charge on any atom is 0.326 e. The highest BCUT2D eigenvalue weighted by Crippen LogP contribution is 2.10. The quantitative estimate of drug-likeness (QED) is 0.297. The van der Waals surface area contributed by atoms with Crippen molar-refractivity contribution in [3.8, 4) is 0 Å². The van der Waals surface area contributed by atoms with Gasteiger partial charge in [0.1, 0.15) is 6.04 Å². The zero-order valence-corrected chi connectivity index (χ0v) is 16.0. The van der Waals surface area contributed by atoms with Gasteiger partial charge in [0.05, 0.1) is 0 Å². The van der Waals surface area contributed by atoms with Crippen molar-refractivity contribution in [1.82, 2.24) is 10.6 Å². The number of unbranched alkanes of at least 4 members (excludes halogenated alkanes) is 10. The Labute approximate surface area is 153 Å². The molecule has 0 fully saturated rings. The Morgan fingerprint density at radius 3 is 1.96 bits per heavy atom. The number of carboxylic acid groups (broad SMARTS) is 1. The van der Waals surface area contributed by atoms with Crippen molar-refractivity contribution < 1.29 is 14.7 Å². The van der Waals surface area contributed by atoms with Gasteiger partial charge in [-0.25, -0.2) is 9.59 Å². The molecule has 0 aromatic heterocycles. The van der Waals surface area contributed by atoms with Gasteiger partial charge in [-0.15, -0.1) is 0 Å². The highest BCUT2D eigenvalue weighted by atomic mass is 16.4. The molecular weight excluding hydrogens is 318 g/mol. The molecule has 0 aromatic rings. The van der Waals surface area contributed by atoms with Gasteiger partial charge < -0.3 is 21.5 Å². The third kappa shape index (κ3) is 15.9. The molecule has 6 nitrogen and oxygen atoms in total. The van der Waals surface area contributed by atoms with Crippen LogP contribution in [-0.4, -0.2) is 36.2 Å². The van der Waals surface area contributed by atoms with Crippen LogP contribution in [0.2, 0.25) is 0 Å². The number of carboxylic acids is 1.